The predicted octanol–water partition coefficient (Wildman–Crippen LogP) is 5.00. The summed E-state index contributed by atoms with van der Waals surface area (Å²) in [6.07, 6.45) is 5.92. The number of anilines is 1. The summed E-state index contributed by atoms with van der Waals surface area (Å²) in [5.74, 6) is 0.978. The Labute approximate surface area is 183 Å². The van der Waals surface area contributed by atoms with Gasteiger partial charge < -0.3 is 19.5 Å². The van der Waals surface area contributed by atoms with Crippen LogP contribution in [0.3, 0.4) is 0 Å². The molecule has 2 aliphatic rings. The zero-order valence-electron chi connectivity index (χ0n) is 18.2. The quantitative estimate of drug-likeness (QED) is 0.655. The van der Waals surface area contributed by atoms with E-state index in [1.807, 2.05) is 23.1 Å². The molecule has 1 atom stereocenters. The summed E-state index contributed by atoms with van der Waals surface area (Å²) in [6, 6.07) is 18.6. The van der Waals surface area contributed by atoms with Crippen molar-refractivity contribution in [2.24, 2.45) is 0 Å². The Bertz CT molecular complexity index is 1100. The number of hydrogen-bond acceptors (Lipinski definition) is 3. The maximum atomic E-state index is 13.2. The van der Waals surface area contributed by atoms with Crippen molar-refractivity contribution >= 4 is 11.6 Å². The van der Waals surface area contributed by atoms with Crippen LogP contribution < -0.4 is 10.1 Å². The van der Waals surface area contributed by atoms with Crippen LogP contribution in [-0.2, 0) is 12.0 Å². The SMILES string of the molecule is CCc1ccc(C(=O)N2CCCC3(CC2)Nc2cc(OC)ccc2-n2cccc23)cc1. The highest BCUT2D eigenvalue weighted by Crippen LogP contribution is 2.44. The summed E-state index contributed by atoms with van der Waals surface area (Å²) in [6.45, 7) is 3.64. The molecule has 5 nitrogen and oxygen atoms in total. The predicted molar refractivity (Wildman–Crippen MR) is 123 cm³/mol. The highest BCUT2D eigenvalue weighted by atomic mass is 16.5. The van der Waals surface area contributed by atoms with Crippen molar-refractivity contribution in [1.82, 2.24) is 9.47 Å². The van der Waals surface area contributed by atoms with Crippen LogP contribution in [0.2, 0.25) is 0 Å². The lowest BCUT2D eigenvalue weighted by Gasteiger charge is -2.40. The minimum atomic E-state index is -0.191. The molecule has 0 saturated carbocycles. The number of likely N-dealkylation sites (tertiary alicyclic amines) is 1. The van der Waals surface area contributed by atoms with E-state index in [1.54, 1.807) is 7.11 Å². The van der Waals surface area contributed by atoms with E-state index in [0.29, 0.717) is 0 Å². The minimum Gasteiger partial charge on any atom is -0.497 e. The highest BCUT2D eigenvalue weighted by molar-refractivity contribution is 5.94. The van der Waals surface area contributed by atoms with E-state index < -0.39 is 0 Å². The van der Waals surface area contributed by atoms with E-state index in [9.17, 15) is 4.79 Å². The molecule has 2 aromatic carbocycles. The van der Waals surface area contributed by atoms with Crippen molar-refractivity contribution in [3.05, 3.63) is 77.6 Å². The number of rotatable bonds is 3. The third-order valence-corrected chi connectivity index (χ3v) is 6.81. The summed E-state index contributed by atoms with van der Waals surface area (Å²) in [5, 5.41) is 3.84. The average molecular weight is 416 g/mol. The molecule has 0 aliphatic carbocycles. The normalized spacial score (nSPS) is 19.9. The fourth-order valence-corrected chi connectivity index (χ4v) is 5.04. The largest absolute Gasteiger partial charge is 0.497 e. The average Bonchev–Trinajstić information content (AvgIpc) is 3.23. The van der Waals surface area contributed by atoms with Gasteiger partial charge in [0.15, 0.2) is 0 Å². The molecule has 0 bridgehead atoms. The van der Waals surface area contributed by atoms with Crippen molar-refractivity contribution in [2.75, 3.05) is 25.5 Å². The van der Waals surface area contributed by atoms with Crippen LogP contribution in [0, 0.1) is 0 Å². The molecular weight excluding hydrogens is 386 g/mol. The van der Waals surface area contributed by atoms with Crippen molar-refractivity contribution in [3.8, 4) is 11.4 Å². The molecule has 2 aliphatic heterocycles. The van der Waals surface area contributed by atoms with Crippen LogP contribution in [0.1, 0.15) is 47.8 Å². The standard InChI is InChI=1S/C26H29N3O2/c1-3-19-7-9-20(10-8-19)25(30)28-15-5-13-26(14-17-28)24-6-4-16-29(24)23-12-11-21(31-2)18-22(23)27-26/h4,6-12,16,18,27H,3,5,13-15,17H2,1-2H3. The molecule has 5 heteroatoms. The molecule has 31 heavy (non-hydrogen) atoms. The molecule has 5 rings (SSSR count). The Balaban J connectivity index is 1.42. The first-order valence-electron chi connectivity index (χ1n) is 11.2. The number of amides is 1. The first kappa shape index (κ1) is 19.7. The number of carbonyl (C=O) groups is 1. The zero-order valence-corrected chi connectivity index (χ0v) is 18.2. The first-order chi connectivity index (χ1) is 15.1. The lowest BCUT2D eigenvalue weighted by atomic mass is 9.84. The topological polar surface area (TPSA) is 46.5 Å². The van der Waals surface area contributed by atoms with Gasteiger partial charge in [0.25, 0.3) is 5.91 Å². The van der Waals surface area contributed by atoms with Gasteiger partial charge in [-0.25, -0.2) is 0 Å². The number of methoxy groups -OCH3 is 1. The van der Waals surface area contributed by atoms with Crippen molar-refractivity contribution < 1.29 is 9.53 Å². The number of aromatic nitrogens is 1. The molecule has 3 aromatic rings. The molecule has 1 amide bonds. The number of fused-ring (bicyclic) bond motifs is 4. The van der Waals surface area contributed by atoms with E-state index in [4.69, 9.17) is 4.74 Å². The summed E-state index contributed by atoms with van der Waals surface area (Å²) >= 11 is 0. The van der Waals surface area contributed by atoms with E-state index >= 15 is 0 Å². The number of aryl methyl sites for hydroxylation is 1. The summed E-state index contributed by atoms with van der Waals surface area (Å²) in [7, 11) is 1.70. The smallest absolute Gasteiger partial charge is 0.253 e. The second-order valence-corrected chi connectivity index (χ2v) is 8.55. The number of hydrogen-bond donors (Lipinski definition) is 1. The van der Waals surface area contributed by atoms with Gasteiger partial charge in [-0.3, -0.25) is 4.79 Å². The molecule has 1 spiro atoms. The van der Waals surface area contributed by atoms with Crippen LogP contribution >= 0.6 is 0 Å². The van der Waals surface area contributed by atoms with Crippen LogP contribution in [0.4, 0.5) is 5.69 Å². The zero-order chi connectivity index (χ0) is 21.4. The van der Waals surface area contributed by atoms with Crippen molar-refractivity contribution in [3.63, 3.8) is 0 Å². The Morgan fingerprint density at radius 3 is 2.71 bits per heavy atom. The van der Waals surface area contributed by atoms with Gasteiger partial charge in [0.05, 0.1) is 24.0 Å². The fraction of sp³-hybridized carbons (Fsp3) is 0.346. The maximum Gasteiger partial charge on any atom is 0.253 e. The summed E-state index contributed by atoms with van der Waals surface area (Å²) in [5.41, 5.74) is 5.34. The Kier molecular flexibility index (Phi) is 4.97. The Morgan fingerprint density at radius 1 is 1.10 bits per heavy atom. The van der Waals surface area contributed by atoms with Crippen LogP contribution in [0.5, 0.6) is 5.75 Å². The number of ether oxygens (including phenoxy) is 1. The minimum absolute atomic E-state index is 0.132. The fourth-order valence-electron chi connectivity index (χ4n) is 5.04. The maximum absolute atomic E-state index is 13.2. The number of benzene rings is 2. The van der Waals surface area contributed by atoms with Gasteiger partial charge in [0.1, 0.15) is 5.75 Å². The summed E-state index contributed by atoms with van der Waals surface area (Å²) < 4.78 is 7.75. The molecule has 1 aromatic heterocycles. The molecule has 0 radical (unpaired) electrons. The number of carbonyl (C=O) groups excluding carboxylic acids is 1. The molecule has 1 saturated heterocycles. The van der Waals surface area contributed by atoms with Gasteiger partial charge >= 0.3 is 0 Å². The lowest BCUT2D eigenvalue weighted by molar-refractivity contribution is 0.0759. The number of nitrogens with one attached hydrogen (secondary N) is 1. The second kappa shape index (κ2) is 7.80. The van der Waals surface area contributed by atoms with Crippen LogP contribution in [0.25, 0.3) is 5.69 Å². The third-order valence-electron chi connectivity index (χ3n) is 6.81. The third kappa shape index (κ3) is 3.38. The van der Waals surface area contributed by atoms with Gasteiger partial charge in [-0.1, -0.05) is 19.1 Å². The molecule has 160 valence electrons. The van der Waals surface area contributed by atoms with E-state index in [-0.39, 0.29) is 11.4 Å². The van der Waals surface area contributed by atoms with Gasteiger partial charge in [-0.15, -0.1) is 0 Å². The number of nitrogens with zero attached hydrogens (tertiary/aromatic N) is 2. The first-order valence-corrected chi connectivity index (χ1v) is 11.2. The molecular formula is C26H29N3O2. The van der Waals surface area contributed by atoms with Gasteiger partial charge in [-0.2, -0.15) is 0 Å². The van der Waals surface area contributed by atoms with Crippen LogP contribution in [-0.4, -0.2) is 35.6 Å². The molecule has 1 N–H and O–H groups in total. The van der Waals surface area contributed by atoms with E-state index in [2.05, 4.69) is 59.4 Å². The lowest BCUT2D eigenvalue weighted by Crippen LogP contribution is -2.41. The summed E-state index contributed by atoms with van der Waals surface area (Å²) in [4.78, 5) is 15.2. The van der Waals surface area contributed by atoms with E-state index in [1.165, 1.54) is 11.3 Å². The van der Waals surface area contributed by atoms with Gasteiger partial charge in [0.2, 0.25) is 0 Å². The van der Waals surface area contributed by atoms with E-state index in [0.717, 1.165) is 61.5 Å². The molecule has 3 heterocycles. The molecule has 1 fully saturated rings. The Hall–Kier alpha value is -3.21. The molecule has 1 unspecified atom stereocenters. The van der Waals surface area contributed by atoms with Gasteiger partial charge in [0, 0.05) is 36.6 Å². The van der Waals surface area contributed by atoms with Crippen molar-refractivity contribution in [1.29, 1.82) is 0 Å². The Morgan fingerprint density at radius 2 is 1.94 bits per heavy atom. The monoisotopic (exact) mass is 415 g/mol. The second-order valence-electron chi connectivity index (χ2n) is 8.55. The van der Waals surface area contributed by atoms with Crippen LogP contribution in [0.15, 0.2) is 60.8 Å². The van der Waals surface area contributed by atoms with Crippen molar-refractivity contribution in [2.45, 2.75) is 38.1 Å². The highest BCUT2D eigenvalue weighted by Gasteiger charge is 2.40. The van der Waals surface area contributed by atoms with Gasteiger partial charge in [-0.05, 0) is 67.6 Å².